The maximum Gasteiger partial charge on any atom is 0.410 e. The number of amides is 1. The average Bonchev–Trinajstić information content (AvgIpc) is 3.96. The molecule has 7 aromatic rings. The minimum Gasteiger partial charge on any atom is -0.444 e. The molecule has 2 N–H and O–H groups in total. The molecule has 2 aliphatic heterocycles. The molecule has 262 valence electrons. The van der Waals surface area contributed by atoms with Gasteiger partial charge in [-0.1, -0.05) is 54.6 Å². The number of nitrogens with zero attached hydrogens (tertiary/aromatic N) is 4. The van der Waals surface area contributed by atoms with Crippen LogP contribution < -0.4 is 0 Å². The number of likely N-dealkylation sites (tertiary alicyclic amines) is 1. The molecule has 0 unspecified atom stereocenters. The predicted octanol–water partition coefficient (Wildman–Crippen LogP) is 9.39. The first kappa shape index (κ1) is 32.2. The van der Waals surface area contributed by atoms with Gasteiger partial charge in [-0.2, -0.15) is 0 Å². The Bertz CT molecular complexity index is 2500. The number of benzene rings is 5. The second kappa shape index (κ2) is 12.5. The van der Waals surface area contributed by atoms with Crippen molar-refractivity contribution in [3.8, 4) is 11.1 Å². The van der Waals surface area contributed by atoms with Gasteiger partial charge in [0.05, 0.1) is 33.7 Å². The molecule has 10 heteroatoms. The molecule has 0 radical (unpaired) electrons. The van der Waals surface area contributed by atoms with Crippen LogP contribution in [0.25, 0.3) is 54.7 Å². The quantitative estimate of drug-likeness (QED) is 0.185. The number of nitrogens with one attached hydrogen (secondary N) is 2. The Kier molecular flexibility index (Phi) is 7.73. The Morgan fingerprint density at radius 1 is 0.712 bits per heavy atom. The smallest absolute Gasteiger partial charge is 0.410 e. The first-order valence-electron chi connectivity index (χ1n) is 18.1. The molecule has 10 nitrogen and oxygen atoms in total. The van der Waals surface area contributed by atoms with Crippen LogP contribution in [-0.4, -0.2) is 60.7 Å². The van der Waals surface area contributed by atoms with Gasteiger partial charge in [-0.25, -0.2) is 19.6 Å². The predicted molar refractivity (Wildman–Crippen MR) is 202 cm³/mol. The molecule has 2 aliphatic rings. The Labute approximate surface area is 300 Å². The summed E-state index contributed by atoms with van der Waals surface area (Å²) >= 11 is 0. The van der Waals surface area contributed by atoms with Gasteiger partial charge < -0.3 is 19.5 Å². The third-order valence-corrected chi connectivity index (χ3v) is 10.2. The second-order valence-corrected chi connectivity index (χ2v) is 14.9. The Balaban J connectivity index is 0.982. The van der Waals surface area contributed by atoms with Crippen molar-refractivity contribution in [2.24, 2.45) is 0 Å². The average molecular weight is 693 g/mol. The molecule has 4 heterocycles. The highest BCUT2D eigenvalue weighted by Gasteiger charge is 2.35. The SMILES string of the molecule is CC(C)(C)OC(=O)N1CCC[C@H]1c1nc2c(ccc3cc(-c4ccc5c(ccc6[nH]c([C@@H]7CCCN7OC(=O)c7ccccc7)nc65)c4)ccc32)[nH]1. The monoisotopic (exact) mass is 692 g/mol. The first-order chi connectivity index (χ1) is 25.2. The van der Waals surface area contributed by atoms with Crippen LogP contribution in [0.2, 0.25) is 0 Å². The molecule has 9 rings (SSSR count). The van der Waals surface area contributed by atoms with Gasteiger partial charge in [-0.05, 0) is 105 Å². The third-order valence-electron chi connectivity index (χ3n) is 10.2. The lowest BCUT2D eigenvalue weighted by Gasteiger charge is -2.27. The number of imidazole rings is 2. The van der Waals surface area contributed by atoms with Crippen LogP contribution >= 0.6 is 0 Å². The van der Waals surface area contributed by atoms with Gasteiger partial charge in [0.25, 0.3) is 0 Å². The van der Waals surface area contributed by atoms with E-state index >= 15 is 0 Å². The summed E-state index contributed by atoms with van der Waals surface area (Å²) in [6.07, 6.45) is 3.23. The van der Waals surface area contributed by atoms with Crippen molar-refractivity contribution >= 4 is 55.7 Å². The summed E-state index contributed by atoms with van der Waals surface area (Å²) in [6.45, 7) is 7.00. The van der Waals surface area contributed by atoms with Crippen molar-refractivity contribution < 1.29 is 19.2 Å². The highest BCUT2D eigenvalue weighted by molar-refractivity contribution is 6.07. The van der Waals surface area contributed by atoms with Crippen molar-refractivity contribution in [3.05, 3.63) is 108 Å². The standard InChI is InChI=1S/C42H40N6O4/c1-42(2,3)51-41(50)47-21-7-11-34(47)38-43-32-19-15-28-23-26(13-17-30(28)36(32)45-38)27-14-18-31-29(24-27)16-20-33-37(31)46-39(44-33)35-12-8-22-48(35)52-40(49)25-9-5-4-6-10-25/h4-6,9-10,13-20,23-24,34-35H,7-8,11-12,21-22H2,1-3H3,(H,43,45)(H,44,46)/t34-,35-/m0/s1. The molecule has 2 aromatic heterocycles. The number of carbonyl (C=O) groups excluding carboxylic acids is 2. The molecule has 5 aromatic carbocycles. The summed E-state index contributed by atoms with van der Waals surface area (Å²) in [5.74, 6) is 1.24. The number of aromatic nitrogens is 4. The van der Waals surface area contributed by atoms with E-state index in [1.165, 1.54) is 0 Å². The summed E-state index contributed by atoms with van der Waals surface area (Å²) in [7, 11) is 0. The first-order valence-corrected chi connectivity index (χ1v) is 18.1. The van der Waals surface area contributed by atoms with Gasteiger partial charge in [0.2, 0.25) is 0 Å². The van der Waals surface area contributed by atoms with E-state index in [0.29, 0.717) is 18.7 Å². The van der Waals surface area contributed by atoms with E-state index in [4.69, 9.17) is 19.5 Å². The zero-order valence-electron chi connectivity index (χ0n) is 29.5. The third kappa shape index (κ3) is 5.82. The van der Waals surface area contributed by atoms with Crippen LogP contribution in [0.15, 0.2) is 91.0 Å². The van der Waals surface area contributed by atoms with E-state index in [-0.39, 0.29) is 24.1 Å². The summed E-state index contributed by atoms with van der Waals surface area (Å²) in [5, 5.41) is 6.08. The van der Waals surface area contributed by atoms with Gasteiger partial charge in [0.1, 0.15) is 23.3 Å². The molecule has 0 bridgehead atoms. The van der Waals surface area contributed by atoms with E-state index < -0.39 is 5.60 Å². The lowest BCUT2D eigenvalue weighted by Crippen LogP contribution is -2.36. The fraction of sp³-hybridized carbons (Fsp3) is 0.286. The van der Waals surface area contributed by atoms with Gasteiger partial charge in [-0.15, -0.1) is 5.06 Å². The highest BCUT2D eigenvalue weighted by Crippen LogP contribution is 2.37. The fourth-order valence-electron chi connectivity index (χ4n) is 7.76. The minimum atomic E-state index is -0.550. The Morgan fingerprint density at radius 2 is 1.29 bits per heavy atom. The van der Waals surface area contributed by atoms with Crippen molar-refractivity contribution in [3.63, 3.8) is 0 Å². The number of hydrogen-bond acceptors (Lipinski definition) is 7. The number of rotatable bonds is 5. The Morgan fingerprint density at radius 3 is 1.90 bits per heavy atom. The summed E-state index contributed by atoms with van der Waals surface area (Å²) < 4.78 is 5.69. The lowest BCUT2D eigenvalue weighted by molar-refractivity contribution is -0.121. The van der Waals surface area contributed by atoms with E-state index in [1.54, 1.807) is 22.1 Å². The van der Waals surface area contributed by atoms with Crippen LogP contribution in [0.5, 0.6) is 0 Å². The molecule has 2 fully saturated rings. The summed E-state index contributed by atoms with van der Waals surface area (Å²) in [6, 6.07) is 30.2. The van der Waals surface area contributed by atoms with Gasteiger partial charge in [0.15, 0.2) is 0 Å². The summed E-state index contributed by atoms with van der Waals surface area (Å²) in [4.78, 5) is 50.5. The number of hydroxylamine groups is 2. The number of hydrogen-bond donors (Lipinski definition) is 2. The Hall–Kier alpha value is -5.74. The van der Waals surface area contributed by atoms with Crippen LogP contribution in [0.4, 0.5) is 4.79 Å². The topological polar surface area (TPSA) is 116 Å². The number of aromatic amines is 2. The molecule has 1 amide bonds. The summed E-state index contributed by atoms with van der Waals surface area (Å²) in [5.41, 5.74) is 5.92. The fourth-order valence-corrected chi connectivity index (χ4v) is 7.76. The molecule has 0 spiro atoms. The van der Waals surface area contributed by atoms with E-state index in [0.717, 1.165) is 92.1 Å². The number of fused-ring (bicyclic) bond motifs is 6. The van der Waals surface area contributed by atoms with E-state index in [2.05, 4.69) is 70.6 Å². The molecule has 2 atom stereocenters. The van der Waals surface area contributed by atoms with Gasteiger partial charge in [-0.3, -0.25) is 4.90 Å². The van der Waals surface area contributed by atoms with Crippen molar-refractivity contribution in [1.82, 2.24) is 29.9 Å². The molecular formula is C42H40N6O4. The lowest BCUT2D eigenvalue weighted by atomic mass is 9.98. The molecule has 0 aliphatic carbocycles. The minimum absolute atomic E-state index is 0.133. The van der Waals surface area contributed by atoms with Gasteiger partial charge >= 0.3 is 12.1 Å². The van der Waals surface area contributed by atoms with Crippen LogP contribution in [0.1, 0.15) is 80.5 Å². The number of ether oxygens (including phenoxy) is 1. The molecule has 2 saturated heterocycles. The van der Waals surface area contributed by atoms with Crippen LogP contribution in [-0.2, 0) is 9.57 Å². The largest absolute Gasteiger partial charge is 0.444 e. The zero-order valence-corrected chi connectivity index (χ0v) is 29.5. The number of carbonyl (C=O) groups is 2. The van der Waals surface area contributed by atoms with Crippen molar-refractivity contribution in [1.29, 1.82) is 0 Å². The normalized spacial score (nSPS) is 18.2. The van der Waals surface area contributed by atoms with Crippen molar-refractivity contribution in [2.75, 3.05) is 13.1 Å². The van der Waals surface area contributed by atoms with Crippen molar-refractivity contribution in [2.45, 2.75) is 64.1 Å². The van der Waals surface area contributed by atoms with Crippen LogP contribution in [0, 0.1) is 0 Å². The van der Waals surface area contributed by atoms with Crippen LogP contribution in [0.3, 0.4) is 0 Å². The molecular weight excluding hydrogens is 652 g/mol. The number of H-pyrrole nitrogens is 2. The van der Waals surface area contributed by atoms with Gasteiger partial charge in [0, 0.05) is 23.9 Å². The molecule has 0 saturated carbocycles. The molecule has 52 heavy (non-hydrogen) atoms. The van der Waals surface area contributed by atoms with E-state index in [1.807, 2.05) is 39.0 Å². The second-order valence-electron chi connectivity index (χ2n) is 14.9. The maximum atomic E-state index is 13.0. The highest BCUT2D eigenvalue weighted by atomic mass is 16.7. The zero-order chi connectivity index (χ0) is 35.6. The van der Waals surface area contributed by atoms with E-state index in [9.17, 15) is 9.59 Å². The maximum absolute atomic E-state index is 13.0.